The van der Waals surface area contributed by atoms with Crippen LogP contribution < -0.4 is 10.0 Å². The fourth-order valence-corrected chi connectivity index (χ4v) is 3.53. The third-order valence-electron chi connectivity index (χ3n) is 3.82. The molecule has 0 heterocycles. The molecule has 2 rings (SSSR count). The van der Waals surface area contributed by atoms with Crippen LogP contribution in [0.5, 0.6) is 0 Å². The Morgan fingerprint density at radius 2 is 1.90 bits per heavy atom. The molecule has 4 nitrogen and oxygen atoms in total. The number of hydrogen-bond acceptors (Lipinski definition) is 3. The molecule has 1 fully saturated rings. The zero-order chi connectivity index (χ0) is 14.6. The number of rotatable bonds is 7. The van der Waals surface area contributed by atoms with E-state index in [9.17, 15) is 8.42 Å². The lowest BCUT2D eigenvalue weighted by Gasteiger charge is -2.26. The van der Waals surface area contributed by atoms with E-state index in [1.807, 2.05) is 12.1 Å². The molecule has 1 unspecified atom stereocenters. The summed E-state index contributed by atoms with van der Waals surface area (Å²) in [6.45, 7) is 5.18. The molecule has 0 bridgehead atoms. The third-order valence-corrected chi connectivity index (χ3v) is 5.35. The first-order valence-electron chi connectivity index (χ1n) is 7.38. The van der Waals surface area contributed by atoms with Gasteiger partial charge in [-0.15, -0.1) is 0 Å². The van der Waals surface area contributed by atoms with Crippen LogP contribution in [-0.4, -0.2) is 21.0 Å². The first kappa shape index (κ1) is 15.5. The molecule has 1 aromatic carbocycles. The number of benzene rings is 1. The van der Waals surface area contributed by atoms with Crippen molar-refractivity contribution in [1.82, 2.24) is 10.0 Å². The molecule has 1 saturated carbocycles. The summed E-state index contributed by atoms with van der Waals surface area (Å²) in [4.78, 5) is 0.357. The van der Waals surface area contributed by atoms with Gasteiger partial charge in [0, 0.05) is 12.1 Å². The number of nitrogens with one attached hydrogen (secondary N) is 2. The molecular formula is C15H24N2O2S. The van der Waals surface area contributed by atoms with Gasteiger partial charge in [0.25, 0.3) is 0 Å². The highest BCUT2D eigenvalue weighted by Crippen LogP contribution is 2.22. The van der Waals surface area contributed by atoms with Crippen molar-refractivity contribution in [3.05, 3.63) is 29.8 Å². The molecule has 1 atom stereocenters. The normalized spacial score (nSPS) is 17.7. The summed E-state index contributed by atoms with van der Waals surface area (Å²) < 4.78 is 27.1. The van der Waals surface area contributed by atoms with Crippen LogP contribution >= 0.6 is 0 Å². The van der Waals surface area contributed by atoms with E-state index >= 15 is 0 Å². The third kappa shape index (κ3) is 3.81. The van der Waals surface area contributed by atoms with Crippen LogP contribution in [0.15, 0.2) is 29.2 Å². The van der Waals surface area contributed by atoms with Crippen LogP contribution in [0.4, 0.5) is 0 Å². The Hall–Kier alpha value is -0.910. The van der Waals surface area contributed by atoms with Crippen molar-refractivity contribution in [1.29, 1.82) is 0 Å². The van der Waals surface area contributed by atoms with E-state index in [2.05, 4.69) is 23.9 Å². The average molecular weight is 296 g/mol. The summed E-state index contributed by atoms with van der Waals surface area (Å²) in [5, 5.41) is 3.39. The van der Waals surface area contributed by atoms with Gasteiger partial charge < -0.3 is 5.32 Å². The summed E-state index contributed by atoms with van der Waals surface area (Å²) >= 11 is 0. The zero-order valence-electron chi connectivity index (χ0n) is 12.2. The SMILES string of the molecule is CCCNC(C)c1ccc(S(=O)(=O)NC2CCC2)cc1. The van der Waals surface area contributed by atoms with Crippen LogP contribution in [0.25, 0.3) is 0 Å². The maximum atomic E-state index is 12.2. The molecule has 0 aromatic heterocycles. The van der Waals surface area contributed by atoms with E-state index < -0.39 is 10.0 Å². The van der Waals surface area contributed by atoms with E-state index in [4.69, 9.17) is 0 Å². The van der Waals surface area contributed by atoms with Gasteiger partial charge in [0.2, 0.25) is 10.0 Å². The zero-order valence-corrected chi connectivity index (χ0v) is 13.0. The predicted molar refractivity (Wildman–Crippen MR) is 81.1 cm³/mol. The van der Waals surface area contributed by atoms with Gasteiger partial charge >= 0.3 is 0 Å². The highest BCUT2D eigenvalue weighted by Gasteiger charge is 2.24. The minimum Gasteiger partial charge on any atom is -0.310 e. The lowest BCUT2D eigenvalue weighted by molar-refractivity contribution is 0.383. The maximum Gasteiger partial charge on any atom is 0.240 e. The largest absolute Gasteiger partial charge is 0.310 e. The molecule has 1 aliphatic rings. The van der Waals surface area contributed by atoms with Crippen molar-refractivity contribution in [2.24, 2.45) is 0 Å². The molecule has 2 N–H and O–H groups in total. The van der Waals surface area contributed by atoms with Crippen LogP contribution in [0.2, 0.25) is 0 Å². The van der Waals surface area contributed by atoms with E-state index in [-0.39, 0.29) is 12.1 Å². The second-order valence-electron chi connectivity index (χ2n) is 5.49. The Balaban J connectivity index is 2.03. The van der Waals surface area contributed by atoms with E-state index in [1.165, 1.54) is 0 Å². The molecule has 0 radical (unpaired) electrons. The van der Waals surface area contributed by atoms with Gasteiger partial charge in [-0.1, -0.05) is 25.5 Å². The minimum absolute atomic E-state index is 0.129. The van der Waals surface area contributed by atoms with E-state index in [0.29, 0.717) is 4.90 Å². The molecule has 1 aromatic rings. The summed E-state index contributed by atoms with van der Waals surface area (Å²) in [5.41, 5.74) is 1.11. The van der Waals surface area contributed by atoms with Crippen molar-refractivity contribution in [2.45, 2.75) is 56.5 Å². The smallest absolute Gasteiger partial charge is 0.240 e. The van der Waals surface area contributed by atoms with Gasteiger partial charge in [0.05, 0.1) is 4.90 Å². The lowest BCUT2D eigenvalue weighted by Crippen LogP contribution is -2.39. The fraction of sp³-hybridized carbons (Fsp3) is 0.600. The van der Waals surface area contributed by atoms with Gasteiger partial charge in [-0.05, 0) is 50.4 Å². The monoisotopic (exact) mass is 296 g/mol. The summed E-state index contributed by atoms with van der Waals surface area (Å²) in [5.74, 6) is 0. The fourth-order valence-electron chi connectivity index (χ4n) is 2.23. The van der Waals surface area contributed by atoms with Crippen LogP contribution in [0, 0.1) is 0 Å². The predicted octanol–water partition coefficient (Wildman–Crippen LogP) is 2.58. The summed E-state index contributed by atoms with van der Waals surface area (Å²) in [6.07, 6.45) is 4.11. The first-order chi connectivity index (χ1) is 9.53. The molecule has 112 valence electrons. The van der Waals surface area contributed by atoms with Crippen molar-refractivity contribution in [3.8, 4) is 0 Å². The number of hydrogen-bond donors (Lipinski definition) is 2. The molecule has 0 saturated heterocycles. The van der Waals surface area contributed by atoms with Gasteiger partial charge in [0.15, 0.2) is 0 Å². The van der Waals surface area contributed by atoms with Crippen LogP contribution in [0.3, 0.4) is 0 Å². The van der Waals surface area contributed by atoms with Gasteiger partial charge in [-0.25, -0.2) is 13.1 Å². The Morgan fingerprint density at radius 3 is 2.40 bits per heavy atom. The first-order valence-corrected chi connectivity index (χ1v) is 8.87. The van der Waals surface area contributed by atoms with Gasteiger partial charge in [0.1, 0.15) is 0 Å². The van der Waals surface area contributed by atoms with Gasteiger partial charge in [-0.3, -0.25) is 0 Å². The summed E-state index contributed by atoms with van der Waals surface area (Å²) in [6, 6.07) is 7.54. The maximum absolute atomic E-state index is 12.2. The minimum atomic E-state index is -3.35. The Labute approximate surface area is 122 Å². The van der Waals surface area contributed by atoms with Crippen molar-refractivity contribution in [2.75, 3.05) is 6.54 Å². The molecule has 0 spiro atoms. The molecule has 5 heteroatoms. The van der Waals surface area contributed by atoms with Crippen LogP contribution in [-0.2, 0) is 10.0 Å². The molecule has 1 aliphatic carbocycles. The van der Waals surface area contributed by atoms with E-state index in [0.717, 1.165) is 37.8 Å². The molecule has 0 amide bonds. The molecule has 20 heavy (non-hydrogen) atoms. The molecular weight excluding hydrogens is 272 g/mol. The van der Waals surface area contributed by atoms with Gasteiger partial charge in [-0.2, -0.15) is 0 Å². The number of sulfonamides is 1. The Kier molecular flexibility index (Phi) is 5.18. The second-order valence-corrected chi connectivity index (χ2v) is 7.21. The Bertz CT molecular complexity index is 521. The summed E-state index contributed by atoms with van der Waals surface area (Å²) in [7, 11) is -3.35. The topological polar surface area (TPSA) is 58.2 Å². The second kappa shape index (κ2) is 6.70. The average Bonchev–Trinajstić information content (AvgIpc) is 2.40. The quantitative estimate of drug-likeness (QED) is 0.813. The lowest BCUT2D eigenvalue weighted by atomic mass is 9.94. The Morgan fingerprint density at radius 1 is 1.25 bits per heavy atom. The highest BCUT2D eigenvalue weighted by atomic mass is 32.2. The molecule has 0 aliphatic heterocycles. The van der Waals surface area contributed by atoms with Crippen molar-refractivity contribution < 1.29 is 8.42 Å². The van der Waals surface area contributed by atoms with Crippen molar-refractivity contribution in [3.63, 3.8) is 0 Å². The highest BCUT2D eigenvalue weighted by molar-refractivity contribution is 7.89. The van der Waals surface area contributed by atoms with Crippen molar-refractivity contribution >= 4 is 10.0 Å². The standard InChI is InChI=1S/C15H24N2O2S/c1-3-11-16-12(2)13-7-9-15(10-8-13)20(18,19)17-14-5-4-6-14/h7-10,12,14,16-17H,3-6,11H2,1-2H3. The van der Waals surface area contributed by atoms with Crippen LogP contribution in [0.1, 0.15) is 51.1 Å². The van der Waals surface area contributed by atoms with E-state index in [1.54, 1.807) is 12.1 Å².